The minimum absolute atomic E-state index is 0.889. The first kappa shape index (κ1) is 13.2. The Balaban J connectivity index is 1.88. The van der Waals surface area contributed by atoms with Crippen LogP contribution in [0.2, 0.25) is 0 Å². The predicted octanol–water partition coefficient (Wildman–Crippen LogP) is 2.49. The average molecular weight is 261 g/mol. The topological polar surface area (TPSA) is 28.2 Å². The molecule has 0 radical (unpaired) electrons. The standard InChI is InChI=1S/C14H19N3S/c1-15-9-13-6-7-14(18-13)11-17(2)10-12-5-3-4-8-16-12/h3-8,15H,9-11H2,1-2H3. The van der Waals surface area contributed by atoms with E-state index < -0.39 is 0 Å². The predicted molar refractivity (Wildman–Crippen MR) is 76.5 cm³/mol. The number of hydrogen-bond acceptors (Lipinski definition) is 4. The summed E-state index contributed by atoms with van der Waals surface area (Å²) in [5, 5.41) is 3.18. The molecular formula is C14H19N3S. The van der Waals surface area contributed by atoms with Crippen molar-refractivity contribution in [3.63, 3.8) is 0 Å². The van der Waals surface area contributed by atoms with Gasteiger partial charge in [0.1, 0.15) is 0 Å². The fourth-order valence-electron chi connectivity index (χ4n) is 1.87. The number of hydrogen-bond donors (Lipinski definition) is 1. The Bertz CT molecular complexity index is 467. The van der Waals surface area contributed by atoms with Gasteiger partial charge in [0, 0.05) is 35.6 Å². The molecule has 3 nitrogen and oxygen atoms in total. The van der Waals surface area contributed by atoms with Gasteiger partial charge in [0.05, 0.1) is 5.69 Å². The van der Waals surface area contributed by atoms with Crippen LogP contribution in [0.3, 0.4) is 0 Å². The molecule has 4 heteroatoms. The van der Waals surface area contributed by atoms with Gasteiger partial charge >= 0.3 is 0 Å². The summed E-state index contributed by atoms with van der Waals surface area (Å²) in [4.78, 5) is 9.43. The summed E-state index contributed by atoms with van der Waals surface area (Å²) in [6.45, 7) is 2.82. The lowest BCUT2D eigenvalue weighted by atomic mass is 10.3. The molecule has 0 atom stereocenters. The van der Waals surface area contributed by atoms with Crippen LogP contribution in [0.4, 0.5) is 0 Å². The summed E-state index contributed by atoms with van der Waals surface area (Å²) in [6.07, 6.45) is 1.85. The van der Waals surface area contributed by atoms with Crippen molar-refractivity contribution in [2.24, 2.45) is 0 Å². The van der Waals surface area contributed by atoms with E-state index in [2.05, 4.69) is 40.4 Å². The molecule has 0 fully saturated rings. The van der Waals surface area contributed by atoms with E-state index in [0.717, 1.165) is 25.3 Å². The van der Waals surface area contributed by atoms with Crippen LogP contribution in [0, 0.1) is 0 Å². The van der Waals surface area contributed by atoms with Gasteiger partial charge in [-0.2, -0.15) is 0 Å². The second-order valence-corrected chi connectivity index (χ2v) is 5.64. The number of nitrogens with zero attached hydrogens (tertiary/aromatic N) is 2. The van der Waals surface area contributed by atoms with Crippen molar-refractivity contribution in [1.82, 2.24) is 15.2 Å². The van der Waals surface area contributed by atoms with E-state index in [9.17, 15) is 0 Å². The molecule has 0 aromatic carbocycles. The number of thiophene rings is 1. The molecule has 1 N–H and O–H groups in total. The third-order valence-electron chi connectivity index (χ3n) is 2.65. The molecule has 96 valence electrons. The molecule has 2 rings (SSSR count). The van der Waals surface area contributed by atoms with Gasteiger partial charge in [-0.1, -0.05) is 6.07 Å². The second kappa shape index (κ2) is 6.64. The van der Waals surface area contributed by atoms with Crippen LogP contribution in [0.15, 0.2) is 36.5 Å². The Morgan fingerprint density at radius 2 is 2.00 bits per heavy atom. The second-order valence-electron chi connectivity index (χ2n) is 4.39. The van der Waals surface area contributed by atoms with E-state index in [1.54, 1.807) is 0 Å². The monoisotopic (exact) mass is 261 g/mol. The molecule has 0 bridgehead atoms. The highest BCUT2D eigenvalue weighted by molar-refractivity contribution is 7.11. The summed E-state index contributed by atoms with van der Waals surface area (Å²) in [7, 11) is 4.11. The molecule has 0 saturated carbocycles. The van der Waals surface area contributed by atoms with Gasteiger partial charge in [-0.05, 0) is 38.4 Å². The van der Waals surface area contributed by atoms with Crippen LogP contribution in [0.5, 0.6) is 0 Å². The molecule has 0 aliphatic carbocycles. The van der Waals surface area contributed by atoms with Crippen LogP contribution in [0.1, 0.15) is 15.4 Å². The highest BCUT2D eigenvalue weighted by atomic mass is 32.1. The first-order valence-corrected chi connectivity index (χ1v) is 6.90. The number of pyridine rings is 1. The quantitative estimate of drug-likeness (QED) is 0.866. The van der Waals surface area contributed by atoms with Crippen LogP contribution in [-0.4, -0.2) is 24.0 Å². The van der Waals surface area contributed by atoms with Gasteiger partial charge in [0.25, 0.3) is 0 Å². The van der Waals surface area contributed by atoms with Crippen molar-refractivity contribution in [3.8, 4) is 0 Å². The Labute approximate surface area is 112 Å². The Morgan fingerprint density at radius 1 is 1.17 bits per heavy atom. The minimum atomic E-state index is 0.889. The van der Waals surface area contributed by atoms with Crippen molar-refractivity contribution in [2.45, 2.75) is 19.6 Å². The summed E-state index contributed by atoms with van der Waals surface area (Å²) in [5.74, 6) is 0. The van der Waals surface area contributed by atoms with Crippen molar-refractivity contribution in [3.05, 3.63) is 52.0 Å². The lowest BCUT2D eigenvalue weighted by Crippen LogP contribution is -2.17. The van der Waals surface area contributed by atoms with Crippen LogP contribution in [0.25, 0.3) is 0 Å². The van der Waals surface area contributed by atoms with E-state index in [0.29, 0.717) is 0 Å². The van der Waals surface area contributed by atoms with Crippen molar-refractivity contribution in [1.29, 1.82) is 0 Å². The summed E-state index contributed by atoms with van der Waals surface area (Å²) < 4.78 is 0. The van der Waals surface area contributed by atoms with Gasteiger partial charge in [0.15, 0.2) is 0 Å². The van der Waals surface area contributed by atoms with Gasteiger partial charge in [-0.15, -0.1) is 11.3 Å². The van der Waals surface area contributed by atoms with Gasteiger partial charge in [-0.25, -0.2) is 0 Å². The van der Waals surface area contributed by atoms with Gasteiger partial charge in [0.2, 0.25) is 0 Å². The minimum Gasteiger partial charge on any atom is -0.315 e. The summed E-state index contributed by atoms with van der Waals surface area (Å²) >= 11 is 1.87. The third-order valence-corrected chi connectivity index (χ3v) is 3.72. The molecular weight excluding hydrogens is 242 g/mol. The zero-order chi connectivity index (χ0) is 12.8. The fourth-order valence-corrected chi connectivity index (χ4v) is 2.98. The molecule has 0 amide bonds. The maximum absolute atomic E-state index is 4.35. The summed E-state index contributed by atoms with van der Waals surface area (Å²) in [6, 6.07) is 10.5. The smallest absolute Gasteiger partial charge is 0.0543 e. The molecule has 0 aliphatic heterocycles. The first-order valence-electron chi connectivity index (χ1n) is 6.08. The summed E-state index contributed by atoms with van der Waals surface area (Å²) in [5.41, 5.74) is 1.12. The molecule has 2 aromatic rings. The molecule has 0 spiro atoms. The third kappa shape index (κ3) is 3.91. The van der Waals surface area contributed by atoms with Crippen LogP contribution >= 0.6 is 11.3 Å². The number of aromatic nitrogens is 1. The zero-order valence-electron chi connectivity index (χ0n) is 10.9. The molecule has 0 unspecified atom stereocenters. The SMILES string of the molecule is CNCc1ccc(CN(C)Cc2ccccn2)s1. The van der Waals surface area contributed by atoms with E-state index in [4.69, 9.17) is 0 Å². The molecule has 2 aromatic heterocycles. The highest BCUT2D eigenvalue weighted by Crippen LogP contribution is 2.18. The largest absolute Gasteiger partial charge is 0.315 e. The molecule has 18 heavy (non-hydrogen) atoms. The molecule has 0 saturated heterocycles. The van der Waals surface area contributed by atoms with Gasteiger partial charge < -0.3 is 5.32 Å². The van der Waals surface area contributed by atoms with E-state index in [1.807, 2.05) is 36.7 Å². The Kier molecular flexibility index (Phi) is 4.87. The zero-order valence-corrected chi connectivity index (χ0v) is 11.7. The Morgan fingerprint density at radius 3 is 2.72 bits per heavy atom. The highest BCUT2D eigenvalue weighted by Gasteiger charge is 2.05. The lowest BCUT2D eigenvalue weighted by molar-refractivity contribution is 0.318. The average Bonchev–Trinajstić information content (AvgIpc) is 2.78. The van der Waals surface area contributed by atoms with Gasteiger partial charge in [-0.3, -0.25) is 9.88 Å². The normalized spacial score (nSPS) is 11.1. The van der Waals surface area contributed by atoms with Crippen molar-refractivity contribution < 1.29 is 0 Å². The van der Waals surface area contributed by atoms with E-state index >= 15 is 0 Å². The van der Waals surface area contributed by atoms with Crippen molar-refractivity contribution in [2.75, 3.05) is 14.1 Å². The van der Waals surface area contributed by atoms with Crippen molar-refractivity contribution >= 4 is 11.3 Å². The number of rotatable bonds is 6. The van der Waals surface area contributed by atoms with Crippen LogP contribution < -0.4 is 5.32 Å². The Hall–Kier alpha value is -1.23. The van der Waals surface area contributed by atoms with E-state index in [-0.39, 0.29) is 0 Å². The fraction of sp³-hybridized carbons (Fsp3) is 0.357. The maximum atomic E-state index is 4.35. The number of nitrogens with one attached hydrogen (secondary N) is 1. The van der Waals surface area contributed by atoms with Crippen LogP contribution in [-0.2, 0) is 19.6 Å². The first-order chi connectivity index (χ1) is 8.78. The lowest BCUT2D eigenvalue weighted by Gasteiger charge is -2.14. The molecule has 0 aliphatic rings. The van der Waals surface area contributed by atoms with E-state index in [1.165, 1.54) is 9.75 Å². The maximum Gasteiger partial charge on any atom is 0.0543 e. The molecule has 2 heterocycles.